The van der Waals surface area contributed by atoms with Gasteiger partial charge in [-0.05, 0) is 5.56 Å². The molecule has 0 aliphatic heterocycles. The van der Waals surface area contributed by atoms with Crippen molar-refractivity contribution in [1.82, 2.24) is 5.16 Å². The Morgan fingerprint density at radius 2 is 1.92 bits per heavy atom. The Morgan fingerprint density at radius 3 is 2.50 bits per heavy atom. The lowest BCUT2D eigenvalue weighted by molar-refractivity contribution is 0.420. The topological polar surface area (TPSA) is 26.0 Å². The summed E-state index contributed by atoms with van der Waals surface area (Å²) < 4.78 is 4.72. The maximum absolute atomic E-state index is 5.77. The van der Waals surface area contributed by atoms with Gasteiger partial charge in [0.2, 0.25) is 0 Å². The van der Waals surface area contributed by atoms with E-state index in [4.69, 9.17) is 16.1 Å². The summed E-state index contributed by atoms with van der Waals surface area (Å²) in [6.07, 6.45) is 1.54. The van der Waals surface area contributed by atoms with Gasteiger partial charge < -0.3 is 4.52 Å². The van der Waals surface area contributed by atoms with E-state index < -0.39 is 0 Å². The van der Waals surface area contributed by atoms with Crippen LogP contribution in [0.1, 0.15) is 0 Å². The summed E-state index contributed by atoms with van der Waals surface area (Å²) in [4.78, 5) is 0. The van der Waals surface area contributed by atoms with Gasteiger partial charge in [-0.1, -0.05) is 47.1 Å². The highest BCUT2D eigenvalue weighted by molar-refractivity contribution is 6.32. The molecule has 0 unspecified atom stereocenters. The van der Waals surface area contributed by atoms with Gasteiger partial charge in [-0.2, -0.15) is 0 Å². The molecule has 0 atom stereocenters. The Bertz CT molecular complexity index is 369. The van der Waals surface area contributed by atoms with Crippen LogP contribution in [0.25, 0.3) is 11.1 Å². The third kappa shape index (κ3) is 1.21. The lowest BCUT2D eigenvalue weighted by Crippen LogP contribution is -1.72. The molecule has 0 saturated heterocycles. The highest BCUT2D eigenvalue weighted by Crippen LogP contribution is 2.25. The van der Waals surface area contributed by atoms with Crippen LogP contribution in [-0.4, -0.2) is 5.16 Å². The van der Waals surface area contributed by atoms with E-state index in [2.05, 4.69) is 5.16 Å². The molecule has 0 spiro atoms. The van der Waals surface area contributed by atoms with Gasteiger partial charge in [0, 0.05) is 0 Å². The van der Waals surface area contributed by atoms with Gasteiger partial charge in [0.05, 0.1) is 5.56 Å². The van der Waals surface area contributed by atoms with Crippen molar-refractivity contribution in [2.45, 2.75) is 0 Å². The molecule has 0 aliphatic carbocycles. The Hall–Kier alpha value is -1.28. The molecule has 0 N–H and O–H groups in total. The van der Waals surface area contributed by atoms with Gasteiger partial charge in [0.25, 0.3) is 0 Å². The van der Waals surface area contributed by atoms with Crippen LogP contribution < -0.4 is 0 Å². The smallest absolute Gasteiger partial charge is 0.179 e. The van der Waals surface area contributed by atoms with E-state index in [1.54, 1.807) is 0 Å². The fourth-order valence-electron chi connectivity index (χ4n) is 1.03. The first-order valence-electron chi connectivity index (χ1n) is 3.53. The third-order valence-corrected chi connectivity index (χ3v) is 1.88. The quantitative estimate of drug-likeness (QED) is 0.673. The van der Waals surface area contributed by atoms with Crippen LogP contribution in [0.4, 0.5) is 0 Å². The molecule has 2 aromatic rings. The van der Waals surface area contributed by atoms with E-state index in [0.717, 1.165) is 11.1 Å². The molecule has 0 fully saturated rings. The van der Waals surface area contributed by atoms with E-state index in [1.807, 2.05) is 30.3 Å². The molecule has 0 radical (unpaired) electrons. The lowest BCUT2D eigenvalue weighted by atomic mass is 10.1. The molecule has 0 saturated carbocycles. The maximum atomic E-state index is 5.77. The minimum atomic E-state index is 0.404. The molecule has 0 amide bonds. The zero-order valence-corrected chi connectivity index (χ0v) is 6.95. The first-order chi connectivity index (χ1) is 5.88. The average molecular weight is 180 g/mol. The molecule has 1 heterocycles. The number of hydrogen-bond acceptors (Lipinski definition) is 2. The predicted octanol–water partition coefficient (Wildman–Crippen LogP) is 3.00. The van der Waals surface area contributed by atoms with Crippen molar-refractivity contribution >= 4 is 11.6 Å². The van der Waals surface area contributed by atoms with Crippen molar-refractivity contribution in [2.75, 3.05) is 0 Å². The van der Waals surface area contributed by atoms with Gasteiger partial charge in [0.1, 0.15) is 6.26 Å². The third-order valence-electron chi connectivity index (χ3n) is 1.61. The van der Waals surface area contributed by atoms with Gasteiger partial charge >= 0.3 is 0 Å². The molecule has 1 aromatic carbocycles. The largest absolute Gasteiger partial charge is 0.363 e. The summed E-state index contributed by atoms with van der Waals surface area (Å²) in [7, 11) is 0. The van der Waals surface area contributed by atoms with Crippen molar-refractivity contribution in [3.05, 3.63) is 41.7 Å². The standard InChI is InChI=1S/C9H6ClNO/c10-9-8(6-12-11-9)7-4-2-1-3-5-7/h1-6H. The summed E-state index contributed by atoms with van der Waals surface area (Å²) in [6, 6.07) is 9.75. The molecule has 3 heteroatoms. The summed E-state index contributed by atoms with van der Waals surface area (Å²) >= 11 is 5.77. The SMILES string of the molecule is Clc1nocc1-c1ccccc1. The van der Waals surface area contributed by atoms with Gasteiger partial charge in [0.15, 0.2) is 5.15 Å². The zero-order valence-electron chi connectivity index (χ0n) is 6.20. The molecule has 1 aromatic heterocycles. The van der Waals surface area contributed by atoms with E-state index in [-0.39, 0.29) is 0 Å². The second-order valence-corrected chi connectivity index (χ2v) is 2.74. The molecule has 0 bridgehead atoms. The summed E-state index contributed by atoms with van der Waals surface area (Å²) in [6.45, 7) is 0. The lowest BCUT2D eigenvalue weighted by Gasteiger charge is -1.93. The number of benzene rings is 1. The zero-order chi connectivity index (χ0) is 8.39. The van der Waals surface area contributed by atoms with Crippen LogP contribution in [-0.2, 0) is 0 Å². The van der Waals surface area contributed by atoms with E-state index in [0.29, 0.717) is 5.15 Å². The van der Waals surface area contributed by atoms with Gasteiger partial charge in [-0.15, -0.1) is 0 Å². The van der Waals surface area contributed by atoms with Crippen LogP contribution >= 0.6 is 11.6 Å². The van der Waals surface area contributed by atoms with Gasteiger partial charge in [-0.25, -0.2) is 0 Å². The number of halogens is 1. The van der Waals surface area contributed by atoms with Crippen LogP contribution in [0.15, 0.2) is 41.1 Å². The van der Waals surface area contributed by atoms with Crippen molar-refractivity contribution < 1.29 is 4.52 Å². The molecule has 12 heavy (non-hydrogen) atoms. The second-order valence-electron chi connectivity index (χ2n) is 2.39. The minimum absolute atomic E-state index is 0.404. The molecular formula is C9H6ClNO. The minimum Gasteiger partial charge on any atom is -0.363 e. The number of rotatable bonds is 1. The molecular weight excluding hydrogens is 174 g/mol. The molecule has 0 aliphatic rings. The monoisotopic (exact) mass is 179 g/mol. The Kier molecular flexibility index (Phi) is 1.84. The number of hydrogen-bond donors (Lipinski definition) is 0. The van der Waals surface area contributed by atoms with Gasteiger partial charge in [-0.3, -0.25) is 0 Å². The normalized spacial score (nSPS) is 10.1. The summed E-state index contributed by atoms with van der Waals surface area (Å²) in [5, 5.41) is 3.99. The molecule has 2 rings (SSSR count). The molecule has 60 valence electrons. The first kappa shape index (κ1) is 7.37. The van der Waals surface area contributed by atoms with E-state index in [1.165, 1.54) is 6.26 Å². The van der Waals surface area contributed by atoms with Crippen LogP contribution in [0.5, 0.6) is 0 Å². The van der Waals surface area contributed by atoms with Crippen LogP contribution in [0.2, 0.25) is 5.15 Å². The fraction of sp³-hybridized carbons (Fsp3) is 0. The summed E-state index contributed by atoms with van der Waals surface area (Å²) in [5.41, 5.74) is 1.85. The van der Waals surface area contributed by atoms with Crippen molar-refractivity contribution in [2.24, 2.45) is 0 Å². The fourth-order valence-corrected chi connectivity index (χ4v) is 1.22. The van der Waals surface area contributed by atoms with Crippen molar-refractivity contribution in [3.8, 4) is 11.1 Å². The second kappa shape index (κ2) is 2.99. The first-order valence-corrected chi connectivity index (χ1v) is 3.91. The van der Waals surface area contributed by atoms with Crippen molar-refractivity contribution in [1.29, 1.82) is 0 Å². The predicted molar refractivity (Wildman–Crippen MR) is 46.9 cm³/mol. The summed E-state index contributed by atoms with van der Waals surface area (Å²) in [5.74, 6) is 0. The van der Waals surface area contributed by atoms with Crippen LogP contribution in [0, 0.1) is 0 Å². The average Bonchev–Trinajstić information content (AvgIpc) is 2.53. The Morgan fingerprint density at radius 1 is 1.17 bits per heavy atom. The van der Waals surface area contributed by atoms with E-state index in [9.17, 15) is 0 Å². The Balaban J connectivity index is 2.51. The van der Waals surface area contributed by atoms with Crippen LogP contribution in [0.3, 0.4) is 0 Å². The Labute approximate surface area is 74.8 Å². The van der Waals surface area contributed by atoms with Crippen molar-refractivity contribution in [3.63, 3.8) is 0 Å². The highest BCUT2D eigenvalue weighted by Gasteiger charge is 2.05. The maximum Gasteiger partial charge on any atom is 0.179 e. The number of aromatic nitrogens is 1. The molecule has 2 nitrogen and oxygen atoms in total. The van der Waals surface area contributed by atoms with E-state index >= 15 is 0 Å². The number of nitrogens with zero attached hydrogens (tertiary/aromatic N) is 1. The highest BCUT2D eigenvalue weighted by atomic mass is 35.5.